The summed E-state index contributed by atoms with van der Waals surface area (Å²) in [6.07, 6.45) is 3.64. The van der Waals surface area contributed by atoms with E-state index in [1.807, 2.05) is 57.4 Å². The van der Waals surface area contributed by atoms with Crippen LogP contribution in [0.15, 0.2) is 47.6 Å². The van der Waals surface area contributed by atoms with Crippen LogP contribution in [-0.4, -0.2) is 35.4 Å². The molecule has 0 atom stereocenters. The lowest BCUT2D eigenvalue weighted by Crippen LogP contribution is -2.39. The number of fused-ring (bicyclic) bond motifs is 1. The molecule has 28 heavy (non-hydrogen) atoms. The largest absolute Gasteiger partial charge is 0.330 e. The Bertz CT molecular complexity index is 1090. The topological polar surface area (TPSA) is 55.2 Å². The van der Waals surface area contributed by atoms with Crippen LogP contribution in [-0.2, 0) is 16.6 Å². The predicted molar refractivity (Wildman–Crippen MR) is 112 cm³/mol. The van der Waals surface area contributed by atoms with Gasteiger partial charge in [0, 0.05) is 19.6 Å². The van der Waals surface area contributed by atoms with Crippen molar-refractivity contribution in [1.29, 1.82) is 0 Å². The average Bonchev–Trinajstić information content (AvgIpc) is 3.04. The standard InChI is InChI=1S/C22H27N3O2S/c1-16-12-17(2)22(18(3)13-16)28(26,27)25-10-8-19(9-11-25)14-24-15-23-20-6-4-5-7-21(20)24/h4-7,12-13,15,19H,8-11,14H2,1-3H3. The Morgan fingerprint density at radius 1 is 1.04 bits per heavy atom. The van der Waals surface area contributed by atoms with Crippen molar-refractivity contribution in [3.8, 4) is 0 Å². The fraction of sp³-hybridized carbons (Fsp3) is 0.409. The summed E-state index contributed by atoms with van der Waals surface area (Å²) in [5.41, 5.74) is 4.92. The van der Waals surface area contributed by atoms with E-state index >= 15 is 0 Å². The highest BCUT2D eigenvalue weighted by atomic mass is 32.2. The minimum atomic E-state index is -3.45. The van der Waals surface area contributed by atoms with Crippen LogP contribution in [0, 0.1) is 26.7 Å². The molecule has 0 unspecified atom stereocenters. The number of hydrogen-bond acceptors (Lipinski definition) is 3. The van der Waals surface area contributed by atoms with Crippen molar-refractivity contribution >= 4 is 21.1 Å². The molecule has 1 aliphatic heterocycles. The van der Waals surface area contributed by atoms with Crippen LogP contribution in [0.2, 0.25) is 0 Å². The third-order valence-corrected chi connectivity index (χ3v) is 7.96. The van der Waals surface area contributed by atoms with Gasteiger partial charge in [0.25, 0.3) is 0 Å². The van der Waals surface area contributed by atoms with Crippen LogP contribution in [0.25, 0.3) is 11.0 Å². The Kier molecular flexibility index (Phi) is 5.02. The summed E-state index contributed by atoms with van der Waals surface area (Å²) < 4.78 is 30.4. The van der Waals surface area contributed by atoms with E-state index in [-0.39, 0.29) is 0 Å². The number of hydrogen-bond donors (Lipinski definition) is 0. The van der Waals surface area contributed by atoms with E-state index < -0.39 is 10.0 Å². The van der Waals surface area contributed by atoms with Gasteiger partial charge < -0.3 is 4.57 Å². The molecule has 6 heteroatoms. The molecule has 0 bridgehead atoms. The Morgan fingerprint density at radius 2 is 1.68 bits per heavy atom. The van der Waals surface area contributed by atoms with Gasteiger partial charge in [0.05, 0.1) is 22.3 Å². The first-order chi connectivity index (χ1) is 13.4. The SMILES string of the molecule is Cc1cc(C)c(S(=O)(=O)N2CCC(Cn3cnc4ccccc43)CC2)c(C)c1. The molecule has 2 aromatic carbocycles. The second-order valence-corrected chi connectivity index (χ2v) is 9.84. The van der Waals surface area contributed by atoms with Crippen molar-refractivity contribution in [3.05, 3.63) is 59.4 Å². The lowest BCUT2D eigenvalue weighted by atomic mass is 9.98. The molecule has 0 amide bonds. The van der Waals surface area contributed by atoms with Gasteiger partial charge in [-0.3, -0.25) is 0 Å². The van der Waals surface area contributed by atoms with Crippen LogP contribution in [0.1, 0.15) is 29.5 Å². The quantitative estimate of drug-likeness (QED) is 0.667. The molecule has 0 N–H and O–H groups in total. The van der Waals surface area contributed by atoms with E-state index in [2.05, 4.69) is 15.6 Å². The number of para-hydroxylation sites is 2. The van der Waals surface area contributed by atoms with Gasteiger partial charge in [-0.15, -0.1) is 0 Å². The summed E-state index contributed by atoms with van der Waals surface area (Å²) in [5, 5.41) is 0. The Morgan fingerprint density at radius 3 is 2.36 bits per heavy atom. The number of nitrogens with zero attached hydrogens (tertiary/aromatic N) is 3. The Hall–Kier alpha value is -2.18. The average molecular weight is 398 g/mol. The molecule has 1 aromatic heterocycles. The van der Waals surface area contributed by atoms with E-state index in [1.165, 1.54) is 0 Å². The first-order valence-electron chi connectivity index (χ1n) is 9.84. The molecule has 5 nitrogen and oxygen atoms in total. The number of aromatic nitrogens is 2. The number of imidazole rings is 1. The molecular weight excluding hydrogens is 370 g/mol. The van der Waals surface area contributed by atoms with E-state index in [0.29, 0.717) is 23.9 Å². The number of aryl methyl sites for hydroxylation is 3. The molecule has 4 rings (SSSR count). The van der Waals surface area contributed by atoms with Crippen molar-refractivity contribution in [2.45, 2.75) is 45.1 Å². The van der Waals surface area contributed by atoms with Gasteiger partial charge in [-0.05, 0) is 62.8 Å². The number of piperidine rings is 1. The van der Waals surface area contributed by atoms with Crippen molar-refractivity contribution in [1.82, 2.24) is 13.9 Å². The van der Waals surface area contributed by atoms with E-state index in [0.717, 1.165) is 47.1 Å². The minimum Gasteiger partial charge on any atom is -0.330 e. The van der Waals surface area contributed by atoms with Crippen LogP contribution in [0.5, 0.6) is 0 Å². The van der Waals surface area contributed by atoms with Crippen molar-refractivity contribution < 1.29 is 8.42 Å². The molecule has 1 aliphatic rings. The summed E-state index contributed by atoms with van der Waals surface area (Å²) >= 11 is 0. The van der Waals surface area contributed by atoms with Crippen LogP contribution in [0.3, 0.4) is 0 Å². The maximum Gasteiger partial charge on any atom is 0.243 e. The lowest BCUT2D eigenvalue weighted by molar-refractivity contribution is 0.254. The van der Waals surface area contributed by atoms with Crippen molar-refractivity contribution in [2.24, 2.45) is 5.92 Å². The number of sulfonamides is 1. The van der Waals surface area contributed by atoms with Crippen molar-refractivity contribution in [3.63, 3.8) is 0 Å². The highest BCUT2D eigenvalue weighted by Crippen LogP contribution is 2.29. The zero-order valence-electron chi connectivity index (χ0n) is 16.7. The Balaban J connectivity index is 1.48. The smallest absolute Gasteiger partial charge is 0.243 e. The summed E-state index contributed by atoms with van der Waals surface area (Å²) in [5.74, 6) is 0.462. The van der Waals surface area contributed by atoms with Gasteiger partial charge in [0.15, 0.2) is 0 Å². The van der Waals surface area contributed by atoms with E-state index in [9.17, 15) is 8.42 Å². The number of benzene rings is 2. The zero-order chi connectivity index (χ0) is 19.9. The molecule has 1 fully saturated rings. The lowest BCUT2D eigenvalue weighted by Gasteiger charge is -2.32. The van der Waals surface area contributed by atoms with Gasteiger partial charge in [0.1, 0.15) is 0 Å². The fourth-order valence-electron chi connectivity index (χ4n) is 4.47. The number of rotatable bonds is 4. The summed E-state index contributed by atoms with van der Waals surface area (Å²) in [4.78, 5) is 4.94. The second-order valence-electron chi connectivity index (χ2n) is 7.96. The van der Waals surface area contributed by atoms with Crippen LogP contribution >= 0.6 is 0 Å². The highest BCUT2D eigenvalue weighted by molar-refractivity contribution is 7.89. The van der Waals surface area contributed by atoms with E-state index in [1.54, 1.807) is 4.31 Å². The van der Waals surface area contributed by atoms with Gasteiger partial charge in [-0.2, -0.15) is 4.31 Å². The van der Waals surface area contributed by atoms with Crippen molar-refractivity contribution in [2.75, 3.05) is 13.1 Å². The molecule has 2 heterocycles. The first kappa shape index (κ1) is 19.2. The summed E-state index contributed by atoms with van der Waals surface area (Å²) in [7, 11) is -3.45. The molecule has 0 spiro atoms. The molecular formula is C22H27N3O2S. The van der Waals surface area contributed by atoms with Gasteiger partial charge >= 0.3 is 0 Å². The first-order valence-corrected chi connectivity index (χ1v) is 11.3. The monoisotopic (exact) mass is 397 g/mol. The van der Waals surface area contributed by atoms with Crippen LogP contribution in [0.4, 0.5) is 0 Å². The van der Waals surface area contributed by atoms with Gasteiger partial charge in [0.2, 0.25) is 10.0 Å². The third-order valence-electron chi connectivity index (χ3n) is 5.76. The van der Waals surface area contributed by atoms with E-state index in [4.69, 9.17) is 0 Å². The predicted octanol–water partition coefficient (Wildman–Crippen LogP) is 4.06. The molecule has 0 saturated carbocycles. The fourth-order valence-corrected chi connectivity index (χ4v) is 6.35. The highest BCUT2D eigenvalue weighted by Gasteiger charge is 2.31. The maximum atomic E-state index is 13.2. The molecule has 1 saturated heterocycles. The second kappa shape index (κ2) is 7.33. The molecule has 0 aliphatic carbocycles. The minimum absolute atomic E-state index is 0.462. The summed E-state index contributed by atoms with van der Waals surface area (Å²) in [6, 6.07) is 12.0. The maximum absolute atomic E-state index is 13.2. The molecule has 0 radical (unpaired) electrons. The summed E-state index contributed by atoms with van der Waals surface area (Å²) in [6.45, 7) is 7.82. The normalized spacial score (nSPS) is 16.7. The zero-order valence-corrected chi connectivity index (χ0v) is 17.5. The molecule has 3 aromatic rings. The van der Waals surface area contributed by atoms with Crippen LogP contribution < -0.4 is 0 Å². The van der Waals surface area contributed by atoms with Gasteiger partial charge in [-0.1, -0.05) is 29.8 Å². The third kappa shape index (κ3) is 3.47. The molecule has 148 valence electrons. The van der Waals surface area contributed by atoms with Gasteiger partial charge in [-0.25, -0.2) is 13.4 Å². The Labute approximate surface area is 167 Å².